The van der Waals surface area contributed by atoms with Gasteiger partial charge >= 0.3 is 0 Å². The van der Waals surface area contributed by atoms with Gasteiger partial charge in [0.2, 0.25) is 5.91 Å². The van der Waals surface area contributed by atoms with Gasteiger partial charge in [0.1, 0.15) is 0 Å². The SMILES string of the molecule is Cc1ccc(N)cc1NC(=O)CCN1CCN(C)C(C)C1. The maximum atomic E-state index is 12.1. The molecular weight excluding hydrogens is 264 g/mol. The minimum atomic E-state index is 0.0512. The number of carbonyl (C=O) groups is 1. The minimum absolute atomic E-state index is 0.0512. The Kier molecular flexibility index (Phi) is 5.20. The van der Waals surface area contributed by atoms with E-state index in [2.05, 4.69) is 29.1 Å². The van der Waals surface area contributed by atoms with E-state index in [1.54, 1.807) is 0 Å². The molecule has 1 aliphatic heterocycles. The lowest BCUT2D eigenvalue weighted by molar-refractivity contribution is -0.116. The maximum absolute atomic E-state index is 12.1. The molecule has 1 aliphatic rings. The summed E-state index contributed by atoms with van der Waals surface area (Å²) < 4.78 is 0. The van der Waals surface area contributed by atoms with Gasteiger partial charge < -0.3 is 20.9 Å². The van der Waals surface area contributed by atoms with Crippen molar-refractivity contribution in [2.45, 2.75) is 26.3 Å². The molecule has 5 heteroatoms. The van der Waals surface area contributed by atoms with Crippen LogP contribution in [0.2, 0.25) is 0 Å². The van der Waals surface area contributed by atoms with Crippen molar-refractivity contribution in [3.63, 3.8) is 0 Å². The molecule has 1 aromatic rings. The predicted octanol–water partition coefficient (Wildman–Crippen LogP) is 1.54. The third-order valence-corrected chi connectivity index (χ3v) is 4.23. The van der Waals surface area contributed by atoms with Gasteiger partial charge in [-0.2, -0.15) is 0 Å². The van der Waals surface area contributed by atoms with E-state index in [1.165, 1.54) is 0 Å². The van der Waals surface area contributed by atoms with Crippen LogP contribution in [-0.4, -0.2) is 55.0 Å². The summed E-state index contributed by atoms with van der Waals surface area (Å²) >= 11 is 0. The first-order chi connectivity index (χ1) is 9.95. The molecule has 0 spiro atoms. The van der Waals surface area contributed by atoms with Gasteiger partial charge in [-0.3, -0.25) is 4.79 Å². The number of likely N-dealkylation sites (N-methyl/N-ethyl adjacent to an activating group) is 1. The first-order valence-electron chi connectivity index (χ1n) is 7.54. The Morgan fingerprint density at radius 2 is 2.19 bits per heavy atom. The van der Waals surface area contributed by atoms with Crippen LogP contribution in [0.15, 0.2) is 18.2 Å². The molecule has 1 saturated heterocycles. The molecule has 21 heavy (non-hydrogen) atoms. The van der Waals surface area contributed by atoms with Crippen LogP contribution < -0.4 is 11.1 Å². The van der Waals surface area contributed by atoms with Crippen LogP contribution in [0, 0.1) is 6.92 Å². The van der Waals surface area contributed by atoms with E-state index in [4.69, 9.17) is 5.73 Å². The zero-order chi connectivity index (χ0) is 15.4. The van der Waals surface area contributed by atoms with Crippen LogP contribution in [0.1, 0.15) is 18.9 Å². The molecule has 5 nitrogen and oxygen atoms in total. The monoisotopic (exact) mass is 290 g/mol. The van der Waals surface area contributed by atoms with Crippen molar-refractivity contribution in [1.29, 1.82) is 0 Å². The van der Waals surface area contributed by atoms with Gasteiger partial charge in [0.25, 0.3) is 0 Å². The second kappa shape index (κ2) is 6.91. The van der Waals surface area contributed by atoms with Gasteiger partial charge in [-0.05, 0) is 38.6 Å². The number of hydrogen-bond donors (Lipinski definition) is 2. The highest BCUT2D eigenvalue weighted by Gasteiger charge is 2.20. The van der Waals surface area contributed by atoms with Gasteiger partial charge in [-0.15, -0.1) is 0 Å². The van der Waals surface area contributed by atoms with Gasteiger partial charge in [0, 0.05) is 50.0 Å². The highest BCUT2D eigenvalue weighted by atomic mass is 16.1. The summed E-state index contributed by atoms with van der Waals surface area (Å²) in [7, 11) is 2.15. The number of benzene rings is 1. The van der Waals surface area contributed by atoms with Gasteiger partial charge in [-0.25, -0.2) is 0 Å². The average molecular weight is 290 g/mol. The lowest BCUT2D eigenvalue weighted by atomic mass is 10.1. The first-order valence-corrected chi connectivity index (χ1v) is 7.54. The zero-order valence-corrected chi connectivity index (χ0v) is 13.2. The third-order valence-electron chi connectivity index (χ3n) is 4.23. The molecule has 0 aliphatic carbocycles. The Morgan fingerprint density at radius 1 is 1.43 bits per heavy atom. The summed E-state index contributed by atoms with van der Waals surface area (Å²) in [6, 6.07) is 6.13. The second-order valence-electron chi connectivity index (χ2n) is 6.00. The second-order valence-corrected chi connectivity index (χ2v) is 6.00. The molecule has 0 saturated carbocycles. The molecule has 1 amide bonds. The Bertz CT molecular complexity index is 503. The number of anilines is 2. The lowest BCUT2D eigenvalue weighted by Gasteiger charge is -2.37. The van der Waals surface area contributed by atoms with E-state index >= 15 is 0 Å². The lowest BCUT2D eigenvalue weighted by Crippen LogP contribution is -2.50. The molecule has 0 aromatic heterocycles. The highest BCUT2D eigenvalue weighted by molar-refractivity contribution is 5.92. The van der Waals surface area contributed by atoms with E-state index in [1.807, 2.05) is 25.1 Å². The average Bonchev–Trinajstić information content (AvgIpc) is 2.44. The van der Waals surface area contributed by atoms with Crippen molar-refractivity contribution in [3.8, 4) is 0 Å². The normalized spacial score (nSPS) is 20.4. The fourth-order valence-electron chi connectivity index (χ4n) is 2.57. The fraction of sp³-hybridized carbons (Fsp3) is 0.562. The van der Waals surface area contributed by atoms with Crippen molar-refractivity contribution in [2.24, 2.45) is 0 Å². The Morgan fingerprint density at radius 3 is 2.90 bits per heavy atom. The fourth-order valence-corrected chi connectivity index (χ4v) is 2.57. The number of nitrogens with two attached hydrogens (primary N) is 1. The van der Waals surface area contributed by atoms with Crippen molar-refractivity contribution in [2.75, 3.05) is 44.3 Å². The van der Waals surface area contributed by atoms with E-state index in [0.29, 0.717) is 18.2 Å². The van der Waals surface area contributed by atoms with Crippen molar-refractivity contribution < 1.29 is 4.79 Å². The summed E-state index contributed by atoms with van der Waals surface area (Å²) in [5, 5.41) is 2.95. The van der Waals surface area contributed by atoms with Crippen LogP contribution in [0.4, 0.5) is 11.4 Å². The smallest absolute Gasteiger partial charge is 0.225 e. The summed E-state index contributed by atoms with van der Waals surface area (Å²) in [5.41, 5.74) is 8.27. The standard InChI is InChI=1S/C16H26N4O/c1-12-4-5-14(17)10-15(12)18-16(21)6-7-20-9-8-19(3)13(2)11-20/h4-5,10,13H,6-9,11,17H2,1-3H3,(H,18,21). The van der Waals surface area contributed by atoms with Gasteiger partial charge in [0.15, 0.2) is 0 Å². The Balaban J connectivity index is 1.81. The number of carbonyl (C=O) groups excluding carboxylic acids is 1. The Labute approximate surface area is 127 Å². The van der Waals surface area contributed by atoms with Crippen LogP contribution >= 0.6 is 0 Å². The molecule has 2 rings (SSSR count). The number of rotatable bonds is 4. The van der Waals surface area contributed by atoms with E-state index < -0.39 is 0 Å². The predicted molar refractivity (Wildman–Crippen MR) is 87.4 cm³/mol. The quantitative estimate of drug-likeness (QED) is 0.826. The number of nitrogens with one attached hydrogen (secondary N) is 1. The third kappa shape index (κ3) is 4.44. The van der Waals surface area contributed by atoms with Crippen molar-refractivity contribution in [1.82, 2.24) is 9.80 Å². The number of hydrogen-bond acceptors (Lipinski definition) is 4. The number of aryl methyl sites for hydroxylation is 1. The van der Waals surface area contributed by atoms with Crippen LogP contribution in [-0.2, 0) is 4.79 Å². The maximum Gasteiger partial charge on any atom is 0.225 e. The number of amides is 1. The minimum Gasteiger partial charge on any atom is -0.399 e. The molecular formula is C16H26N4O. The Hall–Kier alpha value is -1.59. The molecule has 1 fully saturated rings. The van der Waals surface area contributed by atoms with Crippen molar-refractivity contribution in [3.05, 3.63) is 23.8 Å². The number of nitrogen functional groups attached to an aromatic ring is 1. The van der Waals surface area contributed by atoms with Crippen LogP contribution in [0.5, 0.6) is 0 Å². The largest absolute Gasteiger partial charge is 0.399 e. The van der Waals surface area contributed by atoms with Crippen molar-refractivity contribution >= 4 is 17.3 Å². The van der Waals surface area contributed by atoms with E-state index in [9.17, 15) is 4.79 Å². The molecule has 1 unspecified atom stereocenters. The molecule has 1 atom stereocenters. The summed E-state index contributed by atoms with van der Waals surface area (Å²) in [6.45, 7) is 8.13. The molecule has 0 bridgehead atoms. The summed E-state index contributed by atoms with van der Waals surface area (Å²) in [6.07, 6.45) is 0.519. The number of nitrogens with zero attached hydrogens (tertiary/aromatic N) is 2. The first kappa shape index (κ1) is 15.8. The van der Waals surface area contributed by atoms with Crippen LogP contribution in [0.3, 0.4) is 0 Å². The molecule has 0 radical (unpaired) electrons. The summed E-state index contributed by atoms with van der Waals surface area (Å²) in [5.74, 6) is 0.0512. The highest BCUT2D eigenvalue weighted by Crippen LogP contribution is 2.18. The molecule has 3 N–H and O–H groups in total. The zero-order valence-electron chi connectivity index (χ0n) is 13.2. The van der Waals surface area contributed by atoms with E-state index in [0.717, 1.165) is 37.4 Å². The van der Waals surface area contributed by atoms with E-state index in [-0.39, 0.29) is 5.91 Å². The molecule has 1 aromatic carbocycles. The number of piperazine rings is 1. The molecule has 116 valence electrons. The van der Waals surface area contributed by atoms with Crippen LogP contribution in [0.25, 0.3) is 0 Å². The topological polar surface area (TPSA) is 61.6 Å². The van der Waals surface area contributed by atoms with Gasteiger partial charge in [0.05, 0.1) is 0 Å². The molecule has 1 heterocycles. The van der Waals surface area contributed by atoms with Gasteiger partial charge in [-0.1, -0.05) is 6.07 Å². The summed E-state index contributed by atoms with van der Waals surface area (Å²) in [4.78, 5) is 16.8.